The lowest BCUT2D eigenvalue weighted by atomic mass is 9.38. The number of hydrogen-bond acceptors (Lipinski definition) is 22. The molecule has 0 saturated heterocycles. The largest absolute Gasteiger partial charge is 0.484 e. The number of nitriles is 2. The number of aryl methyl sites for hydroxylation is 2. The summed E-state index contributed by atoms with van der Waals surface area (Å²) in [5.41, 5.74) is 2.57. The summed E-state index contributed by atoms with van der Waals surface area (Å²) in [6.07, 6.45) is 25.3. The molecule has 8 aromatic rings. The lowest BCUT2D eigenvalue weighted by molar-refractivity contribution is -0.165. The predicted molar refractivity (Wildman–Crippen MR) is 456 cm³/mol. The Morgan fingerprint density at radius 3 is 1.25 bits per heavy atom. The second-order valence-electron chi connectivity index (χ2n) is 34.1. The van der Waals surface area contributed by atoms with Crippen molar-refractivity contribution in [2.75, 3.05) is 53.9 Å². The summed E-state index contributed by atoms with van der Waals surface area (Å²) in [5, 5.41) is 36.6. The molecule has 658 valence electrons. The van der Waals surface area contributed by atoms with Crippen molar-refractivity contribution in [3.63, 3.8) is 0 Å². The maximum Gasteiger partial charge on any atom is 0.270 e. The summed E-state index contributed by atoms with van der Waals surface area (Å²) in [5.74, 6) is -1.92. The minimum absolute atomic E-state index is 0.000450. The number of Topliss-reactive ketones (excluding diaryl/α,β-unsaturated/α-hetero) is 2. The highest BCUT2D eigenvalue weighted by molar-refractivity contribution is 6.32. The minimum Gasteiger partial charge on any atom is -0.484 e. The van der Waals surface area contributed by atoms with Crippen molar-refractivity contribution >= 4 is 99.5 Å². The lowest BCUT2D eigenvalue weighted by Crippen LogP contribution is -2.84. The number of methoxy groups -OCH3 is 2. The van der Waals surface area contributed by atoms with Gasteiger partial charge in [-0.2, -0.15) is 10.5 Å². The van der Waals surface area contributed by atoms with Crippen LogP contribution in [0.5, 0.6) is 23.0 Å². The van der Waals surface area contributed by atoms with Crippen LogP contribution in [-0.2, 0) is 35.1 Å². The highest BCUT2D eigenvalue weighted by Gasteiger charge is 2.71. The molecule has 0 aliphatic heterocycles. The van der Waals surface area contributed by atoms with E-state index in [2.05, 4.69) is 68.7 Å². The first kappa shape index (κ1) is 92.0. The number of halogens is 7. The third kappa shape index (κ3) is 22.4. The number of benzene rings is 4. The zero-order chi connectivity index (χ0) is 89.8. The van der Waals surface area contributed by atoms with Crippen LogP contribution < -0.4 is 50.8 Å². The second-order valence-corrected chi connectivity index (χ2v) is 35.7. The number of aromatic nitrogens is 6. The van der Waals surface area contributed by atoms with E-state index in [-0.39, 0.29) is 167 Å². The first-order chi connectivity index (χ1) is 60.2. The van der Waals surface area contributed by atoms with Gasteiger partial charge in [-0.25, -0.2) is 33.1 Å². The molecule has 35 heteroatoms. The molecule has 12 aliphatic rings. The SMILES string of the molecule is CC1CC2(NC(=O)COc3ccc(Cl)c(F)c3)CCC1(NC(=O)c1ccc(C#N)cn1)CC2.COC/C=C/c1cnc(C(=O)CC23CC(NC(=O)COc4ccc(Cl)c(F)c4)(C2)C3)cn1.COCCCc1cnc(C(=O)CC23CC(NC(=O)COc4ccc(Cl)c(F)c4)(C2)C3)cn1.Cc1cc(OCC(=O)NC23CC(NC(=O)c4ccc(C#N)cn4)(C2)C3)ccc1Cl. The van der Waals surface area contributed by atoms with Crippen LogP contribution in [0.3, 0.4) is 0 Å². The average Bonchev–Trinajstić information content (AvgIpc) is 0.690. The zero-order valence-electron chi connectivity index (χ0n) is 69.3. The van der Waals surface area contributed by atoms with Crippen LogP contribution in [0.15, 0.2) is 140 Å². The van der Waals surface area contributed by atoms with E-state index in [1.165, 1.54) is 61.1 Å². The molecule has 0 spiro atoms. The summed E-state index contributed by atoms with van der Waals surface area (Å²) in [7, 11) is 3.26. The van der Waals surface area contributed by atoms with Gasteiger partial charge in [0.1, 0.15) is 75.4 Å². The highest BCUT2D eigenvalue weighted by Crippen LogP contribution is 2.70. The van der Waals surface area contributed by atoms with E-state index in [0.29, 0.717) is 84.3 Å². The Balaban J connectivity index is 0.000000144. The van der Waals surface area contributed by atoms with E-state index >= 15 is 0 Å². The average molecular weight is 1800 g/mol. The molecule has 28 nitrogen and oxygen atoms in total. The fraction of sp³-hybridized carbons (Fsp3) is 0.407. The summed E-state index contributed by atoms with van der Waals surface area (Å²) in [6, 6.07) is 27.5. The summed E-state index contributed by atoms with van der Waals surface area (Å²) < 4.78 is 72.0. The fourth-order valence-corrected chi connectivity index (χ4v) is 19.1. The number of ether oxygens (including phenoxy) is 6. The molecule has 20 rings (SSSR count). The van der Waals surface area contributed by atoms with E-state index in [9.17, 15) is 51.5 Å². The molecule has 6 N–H and O–H groups in total. The van der Waals surface area contributed by atoms with Gasteiger partial charge in [-0.05, 0) is 217 Å². The minimum atomic E-state index is -0.601. The Kier molecular flexibility index (Phi) is 28.5. The number of nitrogens with zero attached hydrogens (tertiary/aromatic N) is 8. The quantitative estimate of drug-likeness (QED) is 0.0164. The van der Waals surface area contributed by atoms with Crippen molar-refractivity contribution in [1.29, 1.82) is 10.5 Å². The van der Waals surface area contributed by atoms with Crippen molar-refractivity contribution in [2.45, 2.75) is 163 Å². The summed E-state index contributed by atoms with van der Waals surface area (Å²) in [4.78, 5) is 125. The van der Waals surface area contributed by atoms with Crippen LogP contribution >= 0.6 is 46.4 Å². The van der Waals surface area contributed by atoms with Crippen molar-refractivity contribution in [2.24, 2.45) is 16.7 Å². The topological polar surface area (TPSA) is 389 Å². The lowest BCUT2D eigenvalue weighted by Gasteiger charge is -2.70. The van der Waals surface area contributed by atoms with Crippen LogP contribution in [0.25, 0.3) is 6.08 Å². The van der Waals surface area contributed by atoms with E-state index in [4.69, 9.17) is 85.3 Å². The Morgan fingerprint density at radius 1 is 0.460 bits per heavy atom. The number of nitrogens with one attached hydrogen (secondary N) is 6. The third-order valence-corrected chi connectivity index (χ3v) is 25.6. The second kappa shape index (κ2) is 39.0. The van der Waals surface area contributed by atoms with E-state index < -0.39 is 17.5 Å². The monoisotopic (exact) mass is 1800 g/mol. The van der Waals surface area contributed by atoms with Crippen LogP contribution in [0.4, 0.5) is 13.2 Å². The molecule has 6 amide bonds. The third-order valence-electron chi connectivity index (χ3n) is 24.3. The first-order valence-corrected chi connectivity index (χ1v) is 42.3. The summed E-state index contributed by atoms with van der Waals surface area (Å²) >= 11 is 22.9. The number of fused-ring (bicyclic) bond motifs is 3. The maximum atomic E-state index is 13.6. The molecule has 0 radical (unpaired) electrons. The molecule has 12 saturated carbocycles. The number of ketones is 2. The van der Waals surface area contributed by atoms with Gasteiger partial charge in [0.05, 0.1) is 62.8 Å². The van der Waals surface area contributed by atoms with Gasteiger partial charge in [0.25, 0.3) is 35.4 Å². The van der Waals surface area contributed by atoms with Crippen molar-refractivity contribution in [3.8, 4) is 35.1 Å². The van der Waals surface area contributed by atoms with Crippen LogP contribution in [0.1, 0.15) is 186 Å². The number of pyridine rings is 2. The highest BCUT2D eigenvalue weighted by atomic mass is 35.5. The van der Waals surface area contributed by atoms with Gasteiger partial charge < -0.3 is 60.3 Å². The number of rotatable bonds is 33. The van der Waals surface area contributed by atoms with Gasteiger partial charge in [0.15, 0.2) is 38.0 Å². The van der Waals surface area contributed by atoms with E-state index in [1.807, 2.05) is 25.1 Å². The van der Waals surface area contributed by atoms with Gasteiger partial charge in [-0.15, -0.1) is 0 Å². The normalized spacial score (nSPS) is 24.0. The number of amides is 6. The van der Waals surface area contributed by atoms with Gasteiger partial charge in [0.2, 0.25) is 0 Å². The zero-order valence-corrected chi connectivity index (χ0v) is 72.4. The standard InChI is InChI=1S/C24H24ClFN4O3.C23H25ClFN3O4.C23H23ClFN3O4.C21H19ClN4O3/c1-15-11-23(29-21(31)14-33-17-3-4-18(25)19(26)10-17)6-8-24(15,9-7-23)30-22(32)20-5-2-16(12-27)13-28-20;2*1-31-6-2-3-15-9-27-19(10-26-15)20(29)8-22-12-23(13-22,14-22)28-21(30)11-32-16-4-5-17(24)18(25)7-16;1-13-6-15(3-4-16(13)22)29-9-18(27)25-20-10-21(11-20,12-20)26-19(28)17-5-2-14(7-23)8-24-17/h2-5,10,13,15H,6-9,11,14H2,1H3,(H,29,31)(H,30,32);4-5,7,9-10H,2-3,6,8,11-14H2,1H3,(H,28,30);2-5,7,9-10H,6,8,11-14H2,1H3,(H,28,30);2-6,8H,9-12H2,1H3,(H,25,27)(H,26,28)/b;;3-2+;. The van der Waals surface area contributed by atoms with Crippen LogP contribution in [0.2, 0.25) is 20.1 Å². The Labute approximate surface area is 744 Å². The molecule has 1 unspecified atom stereocenters. The molecule has 4 aromatic carbocycles. The van der Waals surface area contributed by atoms with Gasteiger partial charge in [-0.3, -0.25) is 48.3 Å². The van der Waals surface area contributed by atoms with Crippen molar-refractivity contribution < 1.29 is 79.9 Å². The Hall–Kier alpha value is -11.7. The molecule has 4 heterocycles. The molecular weight excluding hydrogens is 1710 g/mol. The van der Waals surface area contributed by atoms with Crippen molar-refractivity contribution in [3.05, 3.63) is 229 Å². The molecule has 12 aliphatic carbocycles. The van der Waals surface area contributed by atoms with E-state index in [1.54, 1.807) is 75.3 Å². The van der Waals surface area contributed by atoms with Crippen molar-refractivity contribution in [1.82, 2.24) is 61.8 Å². The first-order valence-electron chi connectivity index (χ1n) is 40.8. The van der Waals surface area contributed by atoms with Gasteiger partial charge in [0, 0.05) is 109 Å². The van der Waals surface area contributed by atoms with Gasteiger partial charge in [-0.1, -0.05) is 59.4 Å². The fourth-order valence-electron chi connectivity index (χ4n) is 18.6. The van der Waals surface area contributed by atoms with Crippen LogP contribution in [0, 0.1) is 63.8 Å². The summed E-state index contributed by atoms with van der Waals surface area (Å²) in [6.45, 7) is 4.39. The van der Waals surface area contributed by atoms with E-state index in [0.717, 1.165) is 113 Å². The smallest absolute Gasteiger partial charge is 0.270 e. The Bertz CT molecular complexity index is 5500. The maximum absolute atomic E-state index is 13.6. The molecule has 12 fully saturated rings. The number of carbonyl (C=O) groups excluding carboxylic acids is 8. The molecule has 8 bridgehead atoms. The number of carbonyl (C=O) groups is 8. The molecule has 126 heavy (non-hydrogen) atoms. The van der Waals surface area contributed by atoms with Gasteiger partial charge >= 0.3 is 0 Å². The number of hydrogen-bond donors (Lipinski definition) is 6. The molecule has 4 aromatic heterocycles. The molecular formula is C91H91Cl4F3N14O14. The van der Waals surface area contributed by atoms with Crippen LogP contribution in [-0.4, -0.2) is 164 Å². The molecule has 1 atom stereocenters. The Morgan fingerprint density at radius 2 is 0.865 bits per heavy atom. The predicted octanol–water partition coefficient (Wildman–Crippen LogP) is 13.4.